The Morgan fingerprint density at radius 3 is 3.06 bits per heavy atom. The van der Waals surface area contributed by atoms with E-state index < -0.39 is 0 Å². The van der Waals surface area contributed by atoms with E-state index in [2.05, 4.69) is 10.1 Å². The van der Waals surface area contributed by atoms with Gasteiger partial charge in [-0.2, -0.15) is 4.98 Å². The van der Waals surface area contributed by atoms with Crippen molar-refractivity contribution < 1.29 is 13.7 Å². The van der Waals surface area contributed by atoms with Crippen LogP contribution in [-0.2, 0) is 4.74 Å². The first-order valence-electron chi connectivity index (χ1n) is 5.92. The molecule has 1 aromatic heterocycles. The molecule has 1 fully saturated rings. The first-order chi connectivity index (χ1) is 8.75. The molecule has 18 heavy (non-hydrogen) atoms. The molecule has 0 radical (unpaired) electrons. The number of rotatable bonds is 2. The van der Waals surface area contributed by atoms with Crippen molar-refractivity contribution in [3.05, 3.63) is 35.4 Å². The van der Waals surface area contributed by atoms with Crippen LogP contribution in [0.4, 0.5) is 4.39 Å². The van der Waals surface area contributed by atoms with E-state index in [0.29, 0.717) is 30.2 Å². The van der Waals surface area contributed by atoms with Gasteiger partial charge in [0.05, 0.1) is 12.2 Å². The molecule has 5 heteroatoms. The highest BCUT2D eigenvalue weighted by atomic mass is 19.1. The monoisotopic (exact) mass is 248 g/mol. The molecule has 1 saturated heterocycles. The minimum atomic E-state index is -0.310. The summed E-state index contributed by atoms with van der Waals surface area (Å²) in [5, 5.41) is 3.91. The smallest absolute Gasteiger partial charge is 0.260 e. The van der Waals surface area contributed by atoms with Gasteiger partial charge in [0.25, 0.3) is 5.89 Å². The zero-order valence-electron chi connectivity index (χ0n) is 10.0. The van der Waals surface area contributed by atoms with Crippen molar-refractivity contribution in [2.24, 2.45) is 0 Å². The Morgan fingerprint density at radius 2 is 2.28 bits per heavy atom. The highest BCUT2D eigenvalue weighted by Gasteiger charge is 2.24. The molecule has 2 aromatic rings. The molecule has 94 valence electrons. The van der Waals surface area contributed by atoms with Gasteiger partial charge in [-0.25, -0.2) is 4.39 Å². The van der Waals surface area contributed by atoms with E-state index in [9.17, 15) is 4.39 Å². The number of benzene rings is 1. The Hall–Kier alpha value is -1.75. The molecule has 0 bridgehead atoms. The lowest BCUT2D eigenvalue weighted by Gasteiger charge is -2.00. The van der Waals surface area contributed by atoms with Crippen LogP contribution in [0.3, 0.4) is 0 Å². The van der Waals surface area contributed by atoms with Crippen LogP contribution in [0.1, 0.15) is 23.7 Å². The van der Waals surface area contributed by atoms with Gasteiger partial charge in [0.15, 0.2) is 5.82 Å². The van der Waals surface area contributed by atoms with Gasteiger partial charge in [-0.15, -0.1) is 0 Å². The molecule has 0 aliphatic carbocycles. The van der Waals surface area contributed by atoms with Crippen LogP contribution < -0.4 is 0 Å². The van der Waals surface area contributed by atoms with Gasteiger partial charge in [0.2, 0.25) is 0 Å². The minimum Gasteiger partial charge on any atom is -0.381 e. The Kier molecular flexibility index (Phi) is 2.83. The molecule has 0 amide bonds. The highest BCUT2D eigenvalue weighted by molar-refractivity contribution is 5.55. The third-order valence-electron chi connectivity index (χ3n) is 3.16. The summed E-state index contributed by atoms with van der Waals surface area (Å²) in [7, 11) is 0. The van der Waals surface area contributed by atoms with Crippen molar-refractivity contribution in [3.8, 4) is 11.5 Å². The molecule has 0 N–H and O–H groups in total. The van der Waals surface area contributed by atoms with Gasteiger partial charge in [0.1, 0.15) is 5.82 Å². The predicted molar refractivity (Wildman–Crippen MR) is 62.6 cm³/mol. The Balaban J connectivity index is 1.95. The molecular weight excluding hydrogens is 235 g/mol. The van der Waals surface area contributed by atoms with Crippen LogP contribution >= 0.6 is 0 Å². The molecule has 1 aliphatic heterocycles. The molecule has 3 rings (SSSR count). The molecule has 4 nitrogen and oxygen atoms in total. The minimum absolute atomic E-state index is 0.162. The van der Waals surface area contributed by atoms with Crippen LogP contribution in [0, 0.1) is 12.7 Å². The topological polar surface area (TPSA) is 48.2 Å². The summed E-state index contributed by atoms with van der Waals surface area (Å²) in [6, 6.07) is 5.13. The maximum absolute atomic E-state index is 13.9. The predicted octanol–water partition coefficient (Wildman–Crippen LogP) is 2.69. The molecule has 2 heterocycles. The fourth-order valence-corrected chi connectivity index (χ4v) is 2.06. The summed E-state index contributed by atoms with van der Waals surface area (Å²) in [6.07, 6.45) is 0.884. The van der Waals surface area contributed by atoms with Gasteiger partial charge in [-0.05, 0) is 25.0 Å². The molecular formula is C13H13FN2O2. The van der Waals surface area contributed by atoms with Crippen LogP contribution in [0.2, 0.25) is 0 Å². The van der Waals surface area contributed by atoms with E-state index >= 15 is 0 Å². The van der Waals surface area contributed by atoms with E-state index in [0.717, 1.165) is 6.42 Å². The lowest BCUT2D eigenvalue weighted by atomic mass is 10.1. The molecule has 1 aliphatic rings. The number of ether oxygens (including phenoxy) is 1. The van der Waals surface area contributed by atoms with Gasteiger partial charge >= 0.3 is 0 Å². The summed E-state index contributed by atoms with van der Waals surface area (Å²) in [4.78, 5) is 4.27. The second-order valence-electron chi connectivity index (χ2n) is 4.45. The van der Waals surface area contributed by atoms with E-state index in [-0.39, 0.29) is 17.6 Å². The summed E-state index contributed by atoms with van der Waals surface area (Å²) < 4.78 is 24.3. The molecule has 1 unspecified atom stereocenters. The number of aryl methyl sites for hydroxylation is 1. The zero-order chi connectivity index (χ0) is 12.5. The third kappa shape index (κ3) is 1.90. The SMILES string of the molecule is Cc1cccc(-c2nc(C3CCOC3)no2)c1F. The fraction of sp³-hybridized carbons (Fsp3) is 0.385. The van der Waals surface area contributed by atoms with Crippen molar-refractivity contribution in [2.75, 3.05) is 13.2 Å². The number of nitrogens with zero attached hydrogens (tertiary/aromatic N) is 2. The third-order valence-corrected chi connectivity index (χ3v) is 3.16. The normalized spacial score (nSPS) is 19.3. The first-order valence-corrected chi connectivity index (χ1v) is 5.92. The quantitative estimate of drug-likeness (QED) is 0.819. The molecule has 0 saturated carbocycles. The maximum atomic E-state index is 13.9. The fourth-order valence-electron chi connectivity index (χ4n) is 2.06. The Bertz CT molecular complexity index is 562. The average molecular weight is 248 g/mol. The standard InChI is InChI=1S/C13H13FN2O2/c1-8-3-2-4-10(11(8)14)13-15-12(16-18-13)9-5-6-17-7-9/h2-4,9H,5-7H2,1H3. The van der Waals surface area contributed by atoms with E-state index in [4.69, 9.17) is 9.26 Å². The van der Waals surface area contributed by atoms with Crippen LogP contribution in [-0.4, -0.2) is 23.4 Å². The zero-order valence-corrected chi connectivity index (χ0v) is 10.0. The van der Waals surface area contributed by atoms with Crippen LogP contribution in [0.15, 0.2) is 22.7 Å². The molecule has 1 atom stereocenters. The van der Waals surface area contributed by atoms with Crippen molar-refractivity contribution in [1.82, 2.24) is 10.1 Å². The number of halogens is 1. The lowest BCUT2D eigenvalue weighted by molar-refractivity contribution is 0.192. The summed E-state index contributed by atoms with van der Waals surface area (Å²) in [5.41, 5.74) is 0.920. The Morgan fingerprint density at radius 1 is 1.39 bits per heavy atom. The molecule has 0 spiro atoms. The highest BCUT2D eigenvalue weighted by Crippen LogP contribution is 2.27. The van der Waals surface area contributed by atoms with Crippen LogP contribution in [0.5, 0.6) is 0 Å². The van der Waals surface area contributed by atoms with Crippen molar-refractivity contribution in [3.63, 3.8) is 0 Å². The van der Waals surface area contributed by atoms with Gasteiger partial charge in [-0.3, -0.25) is 0 Å². The molecule has 1 aromatic carbocycles. The number of hydrogen-bond acceptors (Lipinski definition) is 4. The number of aromatic nitrogens is 2. The van der Waals surface area contributed by atoms with Gasteiger partial charge in [-0.1, -0.05) is 17.3 Å². The maximum Gasteiger partial charge on any atom is 0.260 e. The average Bonchev–Trinajstić information content (AvgIpc) is 3.01. The van der Waals surface area contributed by atoms with Crippen molar-refractivity contribution in [1.29, 1.82) is 0 Å². The number of hydrogen-bond donors (Lipinski definition) is 0. The van der Waals surface area contributed by atoms with Gasteiger partial charge < -0.3 is 9.26 Å². The second-order valence-corrected chi connectivity index (χ2v) is 4.45. The first kappa shape index (κ1) is 11.3. The Labute approximate surface area is 104 Å². The lowest BCUT2D eigenvalue weighted by Crippen LogP contribution is -1.99. The van der Waals surface area contributed by atoms with E-state index in [1.165, 1.54) is 0 Å². The van der Waals surface area contributed by atoms with Crippen molar-refractivity contribution >= 4 is 0 Å². The van der Waals surface area contributed by atoms with E-state index in [1.54, 1.807) is 25.1 Å². The van der Waals surface area contributed by atoms with Gasteiger partial charge in [0, 0.05) is 12.5 Å². The second kappa shape index (κ2) is 4.49. The summed E-state index contributed by atoms with van der Waals surface area (Å²) in [6.45, 7) is 3.03. The summed E-state index contributed by atoms with van der Waals surface area (Å²) >= 11 is 0. The van der Waals surface area contributed by atoms with Crippen molar-refractivity contribution in [2.45, 2.75) is 19.3 Å². The summed E-state index contributed by atoms with van der Waals surface area (Å²) in [5.74, 6) is 0.687. The van der Waals surface area contributed by atoms with Crippen LogP contribution in [0.25, 0.3) is 11.5 Å². The van der Waals surface area contributed by atoms with E-state index in [1.807, 2.05) is 0 Å². The largest absolute Gasteiger partial charge is 0.381 e.